The second kappa shape index (κ2) is 6.63. The predicted octanol–water partition coefficient (Wildman–Crippen LogP) is 4.99. The minimum atomic E-state index is -1.85. The molecule has 1 fully saturated rings. The molecule has 0 aromatic carbocycles. The number of nitriles is 1. The van der Waals surface area contributed by atoms with Gasteiger partial charge in [0, 0.05) is 0 Å². The molecule has 1 aliphatic heterocycles. The molecule has 0 aromatic rings. The van der Waals surface area contributed by atoms with Crippen molar-refractivity contribution < 1.29 is 4.43 Å². The van der Waals surface area contributed by atoms with Gasteiger partial charge in [-0.1, -0.05) is 26.8 Å². The Hall–Kier alpha value is -0.993. The van der Waals surface area contributed by atoms with Gasteiger partial charge in [0.1, 0.15) is 6.10 Å². The molecule has 0 N–H and O–H groups in total. The first kappa shape index (κ1) is 17.4. The van der Waals surface area contributed by atoms with Crippen molar-refractivity contribution in [2.24, 2.45) is 10.2 Å². The summed E-state index contributed by atoms with van der Waals surface area (Å²) < 4.78 is 6.20. The number of hydrogen-bond acceptors (Lipinski definition) is 4. The molecule has 22 heavy (non-hydrogen) atoms. The summed E-state index contributed by atoms with van der Waals surface area (Å²) in [7, 11) is -1.85. The molecule has 2 bridgehead atoms. The number of unbranched alkanes of at least 4 members (excludes halogenated alkanes) is 1. The van der Waals surface area contributed by atoms with Crippen LogP contribution < -0.4 is 0 Å². The summed E-state index contributed by atoms with van der Waals surface area (Å²) in [5, 5.41) is 18.1. The van der Waals surface area contributed by atoms with Crippen molar-refractivity contribution in [2.75, 3.05) is 0 Å². The van der Waals surface area contributed by atoms with Gasteiger partial charge in [0.15, 0.2) is 8.32 Å². The van der Waals surface area contributed by atoms with Gasteiger partial charge in [-0.25, -0.2) is 0 Å². The lowest BCUT2D eigenvalue weighted by atomic mass is 10.1. The van der Waals surface area contributed by atoms with Gasteiger partial charge in [0.05, 0.1) is 18.2 Å². The van der Waals surface area contributed by atoms with E-state index in [0.29, 0.717) is 12.1 Å². The Morgan fingerprint density at radius 2 is 1.91 bits per heavy atom. The van der Waals surface area contributed by atoms with Crippen LogP contribution in [0.2, 0.25) is 18.1 Å². The first-order valence-electron chi connectivity index (χ1n) is 8.42. The summed E-state index contributed by atoms with van der Waals surface area (Å²) in [5.41, 5.74) is 1.42. The number of fused-ring (bicyclic) bond motifs is 2. The first-order valence-corrected chi connectivity index (χ1v) is 11.3. The van der Waals surface area contributed by atoms with E-state index in [9.17, 15) is 5.26 Å². The summed E-state index contributed by atoms with van der Waals surface area (Å²) in [4.78, 5) is 0. The first-order chi connectivity index (χ1) is 10.2. The average Bonchev–Trinajstić information content (AvgIpc) is 3.00. The molecular weight excluding hydrogens is 290 g/mol. The van der Waals surface area contributed by atoms with Crippen LogP contribution >= 0.6 is 0 Å². The van der Waals surface area contributed by atoms with E-state index >= 15 is 0 Å². The highest BCUT2D eigenvalue weighted by atomic mass is 28.4. The quantitative estimate of drug-likeness (QED) is 0.393. The smallest absolute Gasteiger partial charge is 0.193 e. The van der Waals surface area contributed by atoms with Crippen LogP contribution in [-0.2, 0) is 4.43 Å². The molecule has 1 heterocycles. The minimum absolute atomic E-state index is 0.149. The third-order valence-corrected chi connectivity index (χ3v) is 9.75. The highest BCUT2D eigenvalue weighted by Crippen LogP contribution is 2.38. The standard InChI is InChI=1S/C17H29N3OSi/c1-17(2,3)22(4,5)21-13(12-18)8-6-7-9-14-15-10-11-16(14)20-19-15/h9,13,15-16H,6-8,10-11H2,1-5H3/t13?,15-,16+. The molecular formula is C17H29N3OSi. The van der Waals surface area contributed by atoms with Crippen molar-refractivity contribution in [1.82, 2.24) is 0 Å². The average molecular weight is 320 g/mol. The molecule has 2 rings (SSSR count). The van der Waals surface area contributed by atoms with Crippen LogP contribution in [0.1, 0.15) is 52.9 Å². The Morgan fingerprint density at radius 1 is 1.32 bits per heavy atom. The van der Waals surface area contributed by atoms with E-state index in [1.807, 2.05) is 0 Å². The number of nitrogens with zero attached hydrogens (tertiary/aromatic N) is 3. The van der Waals surface area contributed by atoms with Crippen LogP contribution in [0.3, 0.4) is 0 Å². The number of allylic oxidation sites excluding steroid dienone is 1. The summed E-state index contributed by atoms with van der Waals surface area (Å²) in [6.45, 7) is 11.0. The monoisotopic (exact) mass is 319 g/mol. The fourth-order valence-corrected chi connectivity index (χ4v) is 4.04. The van der Waals surface area contributed by atoms with Gasteiger partial charge in [-0.2, -0.15) is 15.5 Å². The number of hydrogen-bond donors (Lipinski definition) is 0. The third-order valence-electron chi connectivity index (χ3n) is 5.27. The van der Waals surface area contributed by atoms with Gasteiger partial charge in [0.25, 0.3) is 0 Å². The fourth-order valence-electron chi connectivity index (χ4n) is 2.81. The van der Waals surface area contributed by atoms with Gasteiger partial charge in [-0.3, -0.25) is 0 Å². The normalized spacial score (nSPS) is 27.4. The van der Waals surface area contributed by atoms with E-state index in [1.165, 1.54) is 5.57 Å². The minimum Gasteiger partial charge on any atom is -0.401 e. The van der Waals surface area contributed by atoms with Crippen molar-refractivity contribution in [2.45, 2.75) is 89.2 Å². The Bertz CT molecular complexity index is 483. The summed E-state index contributed by atoms with van der Waals surface area (Å²) in [5.74, 6) is 0. The molecule has 0 saturated heterocycles. The van der Waals surface area contributed by atoms with Crippen molar-refractivity contribution in [3.63, 3.8) is 0 Å². The van der Waals surface area contributed by atoms with Gasteiger partial charge >= 0.3 is 0 Å². The van der Waals surface area contributed by atoms with E-state index < -0.39 is 8.32 Å². The zero-order valence-corrected chi connectivity index (χ0v) is 15.6. The lowest BCUT2D eigenvalue weighted by Gasteiger charge is -2.37. The van der Waals surface area contributed by atoms with Crippen LogP contribution in [0.5, 0.6) is 0 Å². The van der Waals surface area contributed by atoms with Gasteiger partial charge in [0.2, 0.25) is 0 Å². The Balaban J connectivity index is 1.78. The molecule has 3 atom stereocenters. The maximum atomic E-state index is 9.36. The van der Waals surface area contributed by atoms with Gasteiger partial charge in [-0.15, -0.1) is 0 Å². The summed E-state index contributed by atoms with van der Waals surface area (Å²) >= 11 is 0. The van der Waals surface area contributed by atoms with Crippen LogP contribution in [0.15, 0.2) is 21.9 Å². The molecule has 4 nitrogen and oxygen atoms in total. The number of azo groups is 1. The highest BCUT2D eigenvalue weighted by Gasteiger charge is 2.39. The lowest BCUT2D eigenvalue weighted by Crippen LogP contribution is -2.43. The lowest BCUT2D eigenvalue weighted by molar-refractivity contribution is 0.219. The van der Waals surface area contributed by atoms with E-state index in [4.69, 9.17) is 4.43 Å². The highest BCUT2D eigenvalue weighted by molar-refractivity contribution is 6.74. The molecule has 122 valence electrons. The maximum absolute atomic E-state index is 9.36. The van der Waals surface area contributed by atoms with Crippen LogP contribution in [0.25, 0.3) is 0 Å². The van der Waals surface area contributed by atoms with Crippen molar-refractivity contribution in [3.8, 4) is 6.07 Å². The molecule has 0 amide bonds. The molecule has 0 aromatic heterocycles. The third kappa shape index (κ3) is 3.85. The van der Waals surface area contributed by atoms with E-state index in [2.05, 4.69) is 56.2 Å². The second-order valence-electron chi connectivity index (χ2n) is 7.97. The van der Waals surface area contributed by atoms with Crippen LogP contribution in [-0.4, -0.2) is 26.5 Å². The molecule has 0 radical (unpaired) electrons. The van der Waals surface area contributed by atoms with Crippen LogP contribution in [0, 0.1) is 11.3 Å². The predicted molar refractivity (Wildman–Crippen MR) is 91.3 cm³/mol. The topological polar surface area (TPSA) is 57.7 Å². The van der Waals surface area contributed by atoms with Gasteiger partial charge < -0.3 is 4.43 Å². The Kier molecular flexibility index (Phi) is 5.24. The van der Waals surface area contributed by atoms with E-state index in [0.717, 1.165) is 32.1 Å². The Morgan fingerprint density at radius 3 is 2.36 bits per heavy atom. The van der Waals surface area contributed by atoms with Crippen molar-refractivity contribution in [3.05, 3.63) is 11.6 Å². The largest absolute Gasteiger partial charge is 0.401 e. The van der Waals surface area contributed by atoms with Gasteiger partial charge in [-0.05, 0) is 55.8 Å². The molecule has 1 saturated carbocycles. The van der Waals surface area contributed by atoms with Crippen molar-refractivity contribution >= 4 is 8.32 Å². The Labute approximate surface area is 135 Å². The molecule has 1 aliphatic carbocycles. The SMILES string of the molecule is CC(C)(C)[Si](C)(C)OC(C#N)CCCC=C1[C@@H]2CC[C@H]1N=N2. The van der Waals surface area contributed by atoms with E-state index in [1.54, 1.807) is 0 Å². The summed E-state index contributed by atoms with van der Waals surface area (Å²) in [6.07, 6.45) is 7.18. The van der Waals surface area contributed by atoms with Crippen LogP contribution in [0.4, 0.5) is 0 Å². The summed E-state index contributed by atoms with van der Waals surface area (Å²) in [6, 6.07) is 3.07. The molecule has 1 unspecified atom stereocenters. The molecule has 0 spiro atoms. The second-order valence-corrected chi connectivity index (χ2v) is 12.7. The van der Waals surface area contributed by atoms with E-state index in [-0.39, 0.29) is 11.1 Å². The molecule has 2 aliphatic rings. The zero-order chi connectivity index (χ0) is 16.4. The van der Waals surface area contributed by atoms with Crippen molar-refractivity contribution in [1.29, 1.82) is 5.26 Å². The fraction of sp³-hybridized carbons (Fsp3) is 0.824. The molecule has 5 heteroatoms. The number of rotatable bonds is 6. The zero-order valence-electron chi connectivity index (χ0n) is 14.6. The maximum Gasteiger partial charge on any atom is 0.193 e.